The molecule has 0 spiro atoms. The molecule has 3 atom stereocenters. The second-order valence-electron chi connectivity index (χ2n) is 4.15. The number of rotatable bonds is 5. The zero-order valence-electron chi connectivity index (χ0n) is 8.35. The van der Waals surface area contributed by atoms with Gasteiger partial charge < -0.3 is 5.32 Å². The molecule has 0 aromatic rings. The van der Waals surface area contributed by atoms with Gasteiger partial charge in [0, 0.05) is 17.8 Å². The molecule has 0 heterocycles. The molecular weight excluding hydrogens is 230 g/mol. The van der Waals surface area contributed by atoms with E-state index in [0.717, 1.165) is 24.7 Å². The van der Waals surface area contributed by atoms with Crippen LogP contribution in [0.1, 0.15) is 26.7 Å². The first-order valence-corrected chi connectivity index (χ1v) is 6.11. The summed E-state index contributed by atoms with van der Waals surface area (Å²) in [6.45, 7) is 5.12. The van der Waals surface area contributed by atoms with E-state index in [-0.39, 0.29) is 5.91 Å². The fourth-order valence-electron chi connectivity index (χ4n) is 1.38. The van der Waals surface area contributed by atoms with Gasteiger partial charge in [-0.1, -0.05) is 29.8 Å². The van der Waals surface area contributed by atoms with E-state index in [9.17, 15) is 4.79 Å². The summed E-state index contributed by atoms with van der Waals surface area (Å²) in [4.78, 5) is 11.4. The largest absolute Gasteiger partial charge is 0.356 e. The van der Waals surface area contributed by atoms with Gasteiger partial charge in [0.05, 0.1) is 0 Å². The van der Waals surface area contributed by atoms with Crippen molar-refractivity contribution in [2.45, 2.75) is 26.7 Å². The highest BCUT2D eigenvalue weighted by molar-refractivity contribution is 9.09. The lowest BCUT2D eigenvalue weighted by Crippen LogP contribution is -2.30. The summed E-state index contributed by atoms with van der Waals surface area (Å²) < 4.78 is 0. The fourth-order valence-corrected chi connectivity index (χ4v) is 2.16. The third-order valence-electron chi connectivity index (χ3n) is 2.67. The number of carbonyl (C=O) groups excluding carboxylic acids is 1. The minimum absolute atomic E-state index is 0.258. The molecule has 1 rings (SSSR count). The maximum atomic E-state index is 11.4. The van der Waals surface area contributed by atoms with Crippen LogP contribution >= 0.6 is 15.9 Å². The molecule has 1 N–H and O–H groups in total. The normalized spacial score (nSPS) is 28.2. The SMILES string of the molecule is CC(CCBr)CNC(=O)C1CC1C. The zero-order valence-corrected chi connectivity index (χ0v) is 9.93. The van der Waals surface area contributed by atoms with Crippen molar-refractivity contribution in [2.75, 3.05) is 11.9 Å². The summed E-state index contributed by atoms with van der Waals surface area (Å²) >= 11 is 3.40. The highest BCUT2D eigenvalue weighted by Gasteiger charge is 2.38. The molecule has 0 saturated heterocycles. The Morgan fingerprint density at radius 1 is 1.69 bits per heavy atom. The average molecular weight is 248 g/mol. The number of amides is 1. The van der Waals surface area contributed by atoms with Crippen molar-refractivity contribution in [3.8, 4) is 0 Å². The second-order valence-corrected chi connectivity index (χ2v) is 4.94. The third kappa shape index (κ3) is 3.67. The summed E-state index contributed by atoms with van der Waals surface area (Å²) in [5.74, 6) is 1.77. The maximum Gasteiger partial charge on any atom is 0.223 e. The summed E-state index contributed by atoms with van der Waals surface area (Å²) in [6.07, 6.45) is 2.21. The van der Waals surface area contributed by atoms with Crippen LogP contribution in [0.3, 0.4) is 0 Å². The smallest absolute Gasteiger partial charge is 0.223 e. The predicted molar refractivity (Wildman–Crippen MR) is 57.9 cm³/mol. The van der Waals surface area contributed by atoms with Crippen LogP contribution in [-0.4, -0.2) is 17.8 Å². The van der Waals surface area contributed by atoms with E-state index in [1.54, 1.807) is 0 Å². The van der Waals surface area contributed by atoms with Gasteiger partial charge in [-0.2, -0.15) is 0 Å². The Balaban J connectivity index is 2.08. The monoisotopic (exact) mass is 247 g/mol. The molecule has 0 aromatic heterocycles. The Bertz CT molecular complexity index is 184. The van der Waals surface area contributed by atoms with E-state index in [1.165, 1.54) is 0 Å². The highest BCUT2D eigenvalue weighted by atomic mass is 79.9. The first-order valence-electron chi connectivity index (χ1n) is 4.98. The molecule has 1 amide bonds. The molecule has 3 heteroatoms. The van der Waals surface area contributed by atoms with Crippen molar-refractivity contribution in [1.82, 2.24) is 5.32 Å². The Morgan fingerprint density at radius 3 is 2.77 bits per heavy atom. The van der Waals surface area contributed by atoms with Crippen molar-refractivity contribution in [2.24, 2.45) is 17.8 Å². The molecule has 1 aliphatic carbocycles. The van der Waals surface area contributed by atoms with Gasteiger partial charge in [-0.25, -0.2) is 0 Å². The molecule has 0 radical (unpaired) electrons. The molecule has 3 unspecified atom stereocenters. The minimum atomic E-state index is 0.258. The maximum absolute atomic E-state index is 11.4. The topological polar surface area (TPSA) is 29.1 Å². The van der Waals surface area contributed by atoms with Crippen LogP contribution in [0.25, 0.3) is 0 Å². The lowest BCUT2D eigenvalue weighted by atomic mass is 10.1. The summed E-state index contributed by atoms with van der Waals surface area (Å²) in [5.41, 5.74) is 0. The van der Waals surface area contributed by atoms with E-state index in [1.807, 2.05) is 0 Å². The summed E-state index contributed by atoms with van der Waals surface area (Å²) in [7, 11) is 0. The number of halogens is 1. The van der Waals surface area contributed by atoms with Gasteiger partial charge in [0.25, 0.3) is 0 Å². The molecule has 0 aromatic carbocycles. The quantitative estimate of drug-likeness (QED) is 0.742. The van der Waals surface area contributed by atoms with Gasteiger partial charge in [-0.15, -0.1) is 0 Å². The number of nitrogens with one attached hydrogen (secondary N) is 1. The Hall–Kier alpha value is -0.0500. The van der Waals surface area contributed by atoms with Gasteiger partial charge in [0.2, 0.25) is 5.91 Å². The first kappa shape index (κ1) is 11.0. The van der Waals surface area contributed by atoms with E-state index < -0.39 is 0 Å². The van der Waals surface area contributed by atoms with Gasteiger partial charge in [0.1, 0.15) is 0 Å². The van der Waals surface area contributed by atoms with Gasteiger partial charge in [0.15, 0.2) is 0 Å². The van der Waals surface area contributed by atoms with E-state index in [2.05, 4.69) is 35.1 Å². The standard InChI is InChI=1S/C10H18BrNO/c1-7(3-4-11)6-12-10(13)9-5-8(9)2/h7-9H,3-6H2,1-2H3,(H,12,13). The Labute approximate surface area is 88.6 Å². The van der Waals surface area contributed by atoms with E-state index in [0.29, 0.717) is 17.8 Å². The Morgan fingerprint density at radius 2 is 2.31 bits per heavy atom. The molecule has 76 valence electrons. The number of carbonyl (C=O) groups is 1. The lowest BCUT2D eigenvalue weighted by molar-refractivity contribution is -0.122. The van der Waals surface area contributed by atoms with Crippen LogP contribution in [0.5, 0.6) is 0 Å². The lowest BCUT2D eigenvalue weighted by Gasteiger charge is -2.10. The second kappa shape index (κ2) is 4.99. The van der Waals surface area contributed by atoms with Gasteiger partial charge in [-0.3, -0.25) is 4.79 Å². The van der Waals surface area contributed by atoms with Crippen molar-refractivity contribution >= 4 is 21.8 Å². The van der Waals surface area contributed by atoms with Crippen molar-refractivity contribution in [3.05, 3.63) is 0 Å². The van der Waals surface area contributed by atoms with Crippen molar-refractivity contribution in [3.63, 3.8) is 0 Å². The summed E-state index contributed by atoms with van der Waals surface area (Å²) in [6, 6.07) is 0. The number of hydrogen-bond acceptors (Lipinski definition) is 1. The number of hydrogen-bond donors (Lipinski definition) is 1. The molecular formula is C10H18BrNO. The number of alkyl halides is 1. The van der Waals surface area contributed by atoms with E-state index >= 15 is 0 Å². The van der Waals surface area contributed by atoms with Gasteiger partial charge in [-0.05, 0) is 24.7 Å². The first-order chi connectivity index (χ1) is 6.15. The van der Waals surface area contributed by atoms with Crippen LogP contribution in [0, 0.1) is 17.8 Å². The molecule has 1 fully saturated rings. The van der Waals surface area contributed by atoms with Crippen LogP contribution in [0.4, 0.5) is 0 Å². The molecule has 0 aliphatic heterocycles. The summed E-state index contributed by atoms with van der Waals surface area (Å²) in [5, 5.41) is 4.02. The zero-order chi connectivity index (χ0) is 9.84. The van der Waals surface area contributed by atoms with Gasteiger partial charge >= 0.3 is 0 Å². The molecule has 13 heavy (non-hydrogen) atoms. The molecule has 1 saturated carbocycles. The highest BCUT2D eigenvalue weighted by Crippen LogP contribution is 2.37. The van der Waals surface area contributed by atoms with Crippen molar-refractivity contribution < 1.29 is 4.79 Å². The van der Waals surface area contributed by atoms with Crippen LogP contribution in [0.2, 0.25) is 0 Å². The minimum Gasteiger partial charge on any atom is -0.356 e. The third-order valence-corrected chi connectivity index (χ3v) is 3.13. The van der Waals surface area contributed by atoms with Crippen LogP contribution in [-0.2, 0) is 4.79 Å². The van der Waals surface area contributed by atoms with E-state index in [4.69, 9.17) is 0 Å². The fraction of sp³-hybridized carbons (Fsp3) is 0.900. The molecule has 0 bridgehead atoms. The Kier molecular flexibility index (Phi) is 4.23. The van der Waals surface area contributed by atoms with Crippen LogP contribution in [0.15, 0.2) is 0 Å². The van der Waals surface area contributed by atoms with Crippen LogP contribution < -0.4 is 5.32 Å². The van der Waals surface area contributed by atoms with Crippen molar-refractivity contribution in [1.29, 1.82) is 0 Å². The average Bonchev–Trinajstić information content (AvgIpc) is 2.79. The molecule has 1 aliphatic rings. The predicted octanol–water partition coefficient (Wildman–Crippen LogP) is 2.18. The molecule has 2 nitrogen and oxygen atoms in total.